The fourth-order valence-corrected chi connectivity index (χ4v) is 2.77. The summed E-state index contributed by atoms with van der Waals surface area (Å²) >= 11 is 0. The molecule has 1 unspecified atom stereocenters. The predicted molar refractivity (Wildman–Crippen MR) is 120 cm³/mol. The van der Waals surface area contributed by atoms with E-state index in [1.54, 1.807) is 0 Å². The molecule has 1 saturated heterocycles. The summed E-state index contributed by atoms with van der Waals surface area (Å²) in [5.74, 6) is 1.00. The Hall–Kier alpha value is -1.06. The van der Waals surface area contributed by atoms with E-state index in [1.165, 1.54) is 0 Å². The molecule has 1 heterocycles. The van der Waals surface area contributed by atoms with Crippen LogP contribution >= 0.6 is 24.0 Å². The van der Waals surface area contributed by atoms with Crippen molar-refractivity contribution in [2.75, 3.05) is 51.3 Å². The Balaban J connectivity index is 0.00000338. The third-order valence-corrected chi connectivity index (χ3v) is 4.45. The Morgan fingerprint density at radius 2 is 1.92 bits per heavy atom. The number of halogens is 1. The van der Waals surface area contributed by atoms with Gasteiger partial charge in [0.1, 0.15) is 0 Å². The van der Waals surface area contributed by atoms with Gasteiger partial charge in [0.2, 0.25) is 0 Å². The van der Waals surface area contributed by atoms with E-state index in [2.05, 4.69) is 46.5 Å². The summed E-state index contributed by atoms with van der Waals surface area (Å²) in [6.45, 7) is 10.7. The number of anilines is 1. The van der Waals surface area contributed by atoms with Gasteiger partial charge in [0.25, 0.3) is 0 Å². The maximum atomic E-state index is 6.01. The quantitative estimate of drug-likeness (QED) is 0.221. The molecule has 0 amide bonds. The largest absolute Gasteiger partial charge is 0.380 e. The first-order valence-corrected chi connectivity index (χ1v) is 9.30. The number of rotatable bonds is 9. The lowest BCUT2D eigenvalue weighted by atomic mass is 10.0. The van der Waals surface area contributed by atoms with Crippen LogP contribution in [0.3, 0.4) is 0 Å². The van der Waals surface area contributed by atoms with E-state index >= 15 is 0 Å². The van der Waals surface area contributed by atoms with Crippen molar-refractivity contribution < 1.29 is 4.74 Å². The molecular formula is C19H34IN5O. The highest BCUT2D eigenvalue weighted by atomic mass is 127. The second-order valence-electron chi connectivity index (χ2n) is 6.82. The number of morpholine rings is 1. The van der Waals surface area contributed by atoms with Gasteiger partial charge < -0.3 is 21.1 Å². The molecule has 7 heteroatoms. The molecule has 0 bridgehead atoms. The topological polar surface area (TPSA) is 74.9 Å². The Morgan fingerprint density at radius 1 is 1.23 bits per heavy atom. The highest BCUT2D eigenvalue weighted by Gasteiger charge is 2.13. The van der Waals surface area contributed by atoms with Crippen molar-refractivity contribution >= 4 is 35.6 Å². The standard InChI is InChI=1S/C19H33N5O.HI/c1-16(2)18(23-17-7-4-3-5-8-17)15-22-19(20)21-9-6-10-24-11-13-25-14-12-24;/h3-5,7-8,16,18,23H,6,9-15H2,1-2H3,(H3,20,21,22);1H. The molecule has 148 valence electrons. The fourth-order valence-electron chi connectivity index (χ4n) is 2.77. The Labute approximate surface area is 175 Å². The van der Waals surface area contributed by atoms with Crippen LogP contribution in [0.1, 0.15) is 20.3 Å². The molecule has 1 aliphatic heterocycles. The minimum absolute atomic E-state index is 0. The number of nitrogens with two attached hydrogens (primary N) is 1. The average molecular weight is 475 g/mol. The van der Waals surface area contributed by atoms with Gasteiger partial charge in [-0.05, 0) is 31.0 Å². The van der Waals surface area contributed by atoms with Gasteiger partial charge in [-0.3, -0.25) is 9.89 Å². The summed E-state index contributed by atoms with van der Waals surface area (Å²) in [5, 5.41) is 6.76. The molecule has 26 heavy (non-hydrogen) atoms. The van der Waals surface area contributed by atoms with Crippen molar-refractivity contribution in [1.29, 1.82) is 0 Å². The van der Waals surface area contributed by atoms with Crippen LogP contribution in [0.25, 0.3) is 0 Å². The van der Waals surface area contributed by atoms with E-state index in [0.29, 0.717) is 18.4 Å². The molecule has 0 radical (unpaired) electrons. The average Bonchev–Trinajstić information content (AvgIpc) is 2.63. The van der Waals surface area contributed by atoms with Gasteiger partial charge in [0, 0.05) is 31.4 Å². The highest BCUT2D eigenvalue weighted by molar-refractivity contribution is 14.0. The highest BCUT2D eigenvalue weighted by Crippen LogP contribution is 2.12. The maximum absolute atomic E-state index is 6.01. The lowest BCUT2D eigenvalue weighted by molar-refractivity contribution is 0.0376. The molecule has 0 spiro atoms. The number of nitrogens with zero attached hydrogens (tertiary/aromatic N) is 2. The lowest BCUT2D eigenvalue weighted by Gasteiger charge is -2.26. The van der Waals surface area contributed by atoms with E-state index in [-0.39, 0.29) is 30.0 Å². The SMILES string of the molecule is CC(C)C(CN=C(N)NCCCN1CCOCC1)Nc1ccccc1.I. The van der Waals surface area contributed by atoms with Crippen molar-refractivity contribution in [3.05, 3.63) is 30.3 Å². The molecular weight excluding hydrogens is 441 g/mol. The second kappa shape index (κ2) is 13.2. The molecule has 6 nitrogen and oxygen atoms in total. The third-order valence-electron chi connectivity index (χ3n) is 4.45. The van der Waals surface area contributed by atoms with Gasteiger partial charge in [-0.25, -0.2) is 0 Å². The van der Waals surface area contributed by atoms with Crippen molar-refractivity contribution in [3.63, 3.8) is 0 Å². The number of hydrogen-bond donors (Lipinski definition) is 3. The maximum Gasteiger partial charge on any atom is 0.188 e. The van der Waals surface area contributed by atoms with Crippen molar-refractivity contribution in [1.82, 2.24) is 10.2 Å². The Kier molecular flexibility index (Phi) is 11.6. The minimum atomic E-state index is 0. The molecule has 4 N–H and O–H groups in total. The lowest BCUT2D eigenvalue weighted by Crippen LogP contribution is -2.39. The number of benzene rings is 1. The van der Waals surface area contributed by atoms with Crippen LogP contribution in [0.5, 0.6) is 0 Å². The predicted octanol–water partition coefficient (Wildman–Crippen LogP) is 2.37. The number of aliphatic imine (C=N–C) groups is 1. The van der Waals surface area contributed by atoms with Crippen LogP contribution in [0.4, 0.5) is 5.69 Å². The summed E-state index contributed by atoms with van der Waals surface area (Å²) in [7, 11) is 0. The number of ether oxygens (including phenoxy) is 1. The van der Waals surface area contributed by atoms with E-state index in [4.69, 9.17) is 10.5 Å². The van der Waals surface area contributed by atoms with E-state index in [1.807, 2.05) is 18.2 Å². The van der Waals surface area contributed by atoms with Crippen LogP contribution < -0.4 is 16.4 Å². The molecule has 0 aliphatic carbocycles. The number of para-hydroxylation sites is 1. The zero-order chi connectivity index (χ0) is 17.9. The fraction of sp³-hybridized carbons (Fsp3) is 0.632. The Bertz CT molecular complexity index is 506. The number of nitrogens with one attached hydrogen (secondary N) is 2. The summed E-state index contributed by atoms with van der Waals surface area (Å²) in [6, 6.07) is 10.5. The first kappa shape index (κ1) is 23.0. The van der Waals surface area contributed by atoms with Crippen molar-refractivity contribution in [2.24, 2.45) is 16.6 Å². The van der Waals surface area contributed by atoms with E-state index in [0.717, 1.165) is 51.5 Å². The molecule has 1 aromatic carbocycles. The summed E-state index contributed by atoms with van der Waals surface area (Å²) in [6.07, 6.45) is 1.06. The van der Waals surface area contributed by atoms with Gasteiger partial charge in [-0.2, -0.15) is 0 Å². The van der Waals surface area contributed by atoms with Crippen LogP contribution in [0.15, 0.2) is 35.3 Å². The number of hydrogen-bond acceptors (Lipinski definition) is 4. The normalized spacial score (nSPS) is 16.8. The molecule has 1 fully saturated rings. The third kappa shape index (κ3) is 9.05. The second-order valence-corrected chi connectivity index (χ2v) is 6.82. The molecule has 0 saturated carbocycles. The Morgan fingerprint density at radius 3 is 2.58 bits per heavy atom. The molecule has 0 aromatic heterocycles. The smallest absolute Gasteiger partial charge is 0.188 e. The first-order valence-electron chi connectivity index (χ1n) is 9.30. The van der Waals surface area contributed by atoms with Crippen LogP contribution in [0.2, 0.25) is 0 Å². The zero-order valence-electron chi connectivity index (χ0n) is 16.0. The molecule has 1 atom stereocenters. The monoisotopic (exact) mass is 475 g/mol. The minimum Gasteiger partial charge on any atom is -0.380 e. The van der Waals surface area contributed by atoms with Gasteiger partial charge >= 0.3 is 0 Å². The van der Waals surface area contributed by atoms with E-state index in [9.17, 15) is 0 Å². The summed E-state index contributed by atoms with van der Waals surface area (Å²) in [4.78, 5) is 6.94. The van der Waals surface area contributed by atoms with Crippen LogP contribution in [-0.2, 0) is 4.74 Å². The summed E-state index contributed by atoms with van der Waals surface area (Å²) < 4.78 is 5.36. The number of guanidine groups is 1. The molecule has 2 rings (SSSR count). The molecule has 1 aromatic rings. The molecule has 1 aliphatic rings. The van der Waals surface area contributed by atoms with Gasteiger partial charge in [0.05, 0.1) is 19.8 Å². The van der Waals surface area contributed by atoms with Crippen molar-refractivity contribution in [2.45, 2.75) is 26.3 Å². The van der Waals surface area contributed by atoms with Crippen LogP contribution in [-0.4, -0.2) is 62.8 Å². The summed E-state index contributed by atoms with van der Waals surface area (Å²) in [5.41, 5.74) is 7.13. The van der Waals surface area contributed by atoms with Crippen LogP contribution in [0, 0.1) is 5.92 Å². The van der Waals surface area contributed by atoms with Crippen molar-refractivity contribution in [3.8, 4) is 0 Å². The zero-order valence-corrected chi connectivity index (χ0v) is 18.3. The van der Waals surface area contributed by atoms with Gasteiger partial charge in [-0.1, -0.05) is 32.0 Å². The first-order chi connectivity index (χ1) is 12.1. The van der Waals surface area contributed by atoms with E-state index < -0.39 is 0 Å². The van der Waals surface area contributed by atoms with Gasteiger partial charge in [-0.15, -0.1) is 24.0 Å². The van der Waals surface area contributed by atoms with Gasteiger partial charge in [0.15, 0.2) is 5.96 Å².